The summed E-state index contributed by atoms with van der Waals surface area (Å²) in [4.78, 5) is 88.7. The van der Waals surface area contributed by atoms with E-state index in [0.717, 1.165) is 41.2 Å². The minimum Gasteiger partial charge on any atom is -0.481 e. The minimum absolute atomic E-state index is 0.00564. The van der Waals surface area contributed by atoms with E-state index in [-0.39, 0.29) is 143 Å². The number of aromatic nitrogens is 1. The van der Waals surface area contributed by atoms with Crippen molar-refractivity contribution in [3.63, 3.8) is 0 Å². The summed E-state index contributed by atoms with van der Waals surface area (Å²) in [5, 5.41) is 17.0. The molecule has 0 radical (unpaired) electrons. The molecule has 1 aromatic heterocycles. The zero-order valence-electron chi connectivity index (χ0n) is 42.0. The number of benzene rings is 2. The highest BCUT2D eigenvalue weighted by Gasteiger charge is 2.40. The van der Waals surface area contributed by atoms with Gasteiger partial charge in [-0.15, -0.1) is 0 Å². The maximum Gasteiger partial charge on any atom is 0.305 e. The average Bonchev–Trinajstić information content (AvgIpc) is 3.86. The number of likely N-dealkylation sites (tertiary alicyclic amines) is 1. The number of thioether (sulfide) groups is 1. The van der Waals surface area contributed by atoms with Gasteiger partial charge in [0.2, 0.25) is 29.5 Å². The highest BCUT2D eigenvalue weighted by atomic mass is 32.2. The van der Waals surface area contributed by atoms with Crippen LogP contribution >= 0.6 is 11.8 Å². The zero-order valence-corrected chi connectivity index (χ0v) is 42.8. The summed E-state index contributed by atoms with van der Waals surface area (Å²) in [6.45, 7) is 12.4. The molecule has 1 aliphatic heterocycles. The number of hydrogen-bond donors (Lipinski definition) is 4. The van der Waals surface area contributed by atoms with Crippen LogP contribution in [-0.2, 0) is 59.1 Å². The lowest BCUT2D eigenvalue weighted by Crippen LogP contribution is -2.49. The number of halogens is 2. The van der Waals surface area contributed by atoms with Crippen molar-refractivity contribution >= 4 is 53.1 Å². The molecular formula is C52H71F2N5O12S. The molecule has 4 rings (SSSR count). The predicted molar refractivity (Wildman–Crippen MR) is 267 cm³/mol. The fourth-order valence-electron chi connectivity index (χ4n) is 7.86. The van der Waals surface area contributed by atoms with Crippen LogP contribution in [0.15, 0.2) is 60.8 Å². The molecule has 0 aliphatic carbocycles. The molecule has 0 bridgehead atoms. The first kappa shape index (κ1) is 59.0. The number of ketones is 1. The van der Waals surface area contributed by atoms with E-state index in [2.05, 4.69) is 16.0 Å². The summed E-state index contributed by atoms with van der Waals surface area (Å²) in [7, 11) is 0. The lowest BCUT2D eigenvalue weighted by molar-refractivity contribution is -0.140. The van der Waals surface area contributed by atoms with Crippen LogP contribution in [-0.4, -0.2) is 146 Å². The Morgan fingerprint density at radius 3 is 2.08 bits per heavy atom. The van der Waals surface area contributed by atoms with E-state index in [4.69, 9.17) is 24.1 Å². The number of amides is 5. The van der Waals surface area contributed by atoms with Gasteiger partial charge in [-0.3, -0.25) is 38.5 Å². The van der Waals surface area contributed by atoms with Gasteiger partial charge in [-0.05, 0) is 41.2 Å². The van der Waals surface area contributed by atoms with E-state index in [1.165, 1.54) is 4.90 Å². The van der Waals surface area contributed by atoms with Gasteiger partial charge in [-0.1, -0.05) is 65.0 Å². The lowest BCUT2D eigenvalue weighted by atomic mass is 9.75. The summed E-state index contributed by atoms with van der Waals surface area (Å²) in [6.07, 6.45) is 1.70. The molecule has 20 heteroatoms. The Kier molecular flexibility index (Phi) is 25.0. The Hall–Kier alpha value is -5.54. The van der Waals surface area contributed by atoms with E-state index in [1.54, 1.807) is 6.20 Å². The summed E-state index contributed by atoms with van der Waals surface area (Å²) in [5.41, 5.74) is 1.90. The molecule has 5 amide bonds. The first-order valence-corrected chi connectivity index (χ1v) is 25.5. The number of carbonyl (C=O) groups excluding carboxylic acids is 6. The van der Waals surface area contributed by atoms with Crippen LogP contribution < -0.4 is 16.0 Å². The Bertz CT molecular complexity index is 2260. The second kappa shape index (κ2) is 30.5. The Morgan fingerprint density at radius 2 is 1.46 bits per heavy atom. The van der Waals surface area contributed by atoms with Crippen LogP contribution in [0.5, 0.6) is 0 Å². The molecule has 4 N–H and O–H groups in total. The molecule has 2 aromatic carbocycles. The fraction of sp³-hybridized carbons (Fsp3) is 0.558. The smallest absolute Gasteiger partial charge is 0.305 e. The molecule has 3 aromatic rings. The first-order valence-electron chi connectivity index (χ1n) is 24.3. The molecule has 0 spiro atoms. The normalized spacial score (nSPS) is 14.7. The largest absolute Gasteiger partial charge is 0.481 e. The molecular weight excluding hydrogens is 957 g/mol. The lowest BCUT2D eigenvalue weighted by Gasteiger charge is -2.31. The van der Waals surface area contributed by atoms with Gasteiger partial charge < -0.3 is 44.6 Å². The number of hydrogen-bond acceptors (Lipinski definition) is 12. The van der Waals surface area contributed by atoms with Crippen molar-refractivity contribution in [2.24, 2.45) is 17.3 Å². The van der Waals surface area contributed by atoms with Crippen LogP contribution in [0.3, 0.4) is 0 Å². The number of aliphatic carboxylic acids is 1. The molecule has 17 nitrogen and oxygen atoms in total. The second-order valence-corrected chi connectivity index (χ2v) is 19.9. The molecule has 2 heterocycles. The number of Topliss-reactive ketones (excluding diaryl/α,β-unsaturated/α-hetero) is 1. The van der Waals surface area contributed by atoms with E-state index in [9.17, 15) is 38.0 Å². The minimum atomic E-state index is -1.10. The van der Waals surface area contributed by atoms with Crippen LogP contribution in [0.1, 0.15) is 83.9 Å². The fourth-order valence-corrected chi connectivity index (χ4v) is 8.79. The van der Waals surface area contributed by atoms with Crippen molar-refractivity contribution in [1.29, 1.82) is 0 Å². The zero-order chi connectivity index (χ0) is 52.6. The average molecular weight is 1030 g/mol. The predicted octanol–water partition coefficient (Wildman–Crippen LogP) is 5.37. The Balaban J connectivity index is 1.14. The summed E-state index contributed by atoms with van der Waals surface area (Å²) < 4.78 is 53.3. The number of ether oxygens (including phenoxy) is 4. The van der Waals surface area contributed by atoms with Gasteiger partial charge in [-0.2, -0.15) is 11.8 Å². The van der Waals surface area contributed by atoms with Gasteiger partial charge in [0.15, 0.2) is 0 Å². The van der Waals surface area contributed by atoms with E-state index in [0.29, 0.717) is 31.9 Å². The van der Waals surface area contributed by atoms with E-state index in [1.807, 2.05) is 75.6 Å². The van der Waals surface area contributed by atoms with Crippen LogP contribution in [0.2, 0.25) is 0 Å². The number of imide groups is 1. The van der Waals surface area contributed by atoms with Crippen molar-refractivity contribution in [1.82, 2.24) is 25.4 Å². The van der Waals surface area contributed by atoms with Crippen molar-refractivity contribution in [2.45, 2.75) is 85.2 Å². The van der Waals surface area contributed by atoms with E-state index >= 15 is 4.39 Å². The second-order valence-electron chi connectivity index (χ2n) is 18.9. The third kappa shape index (κ3) is 20.5. The number of nitrogens with one attached hydrogen (secondary N) is 3. The summed E-state index contributed by atoms with van der Waals surface area (Å²) in [6, 6.07) is 13.7. The number of carboxylic acid groups (broad SMARTS) is 1. The first-order chi connectivity index (χ1) is 34.3. The maximum atomic E-state index is 15.0. The van der Waals surface area contributed by atoms with Gasteiger partial charge in [0, 0.05) is 92.5 Å². The van der Waals surface area contributed by atoms with Gasteiger partial charge in [0.05, 0.1) is 65.0 Å². The van der Waals surface area contributed by atoms with Gasteiger partial charge in [0.25, 0.3) is 0 Å². The molecule has 396 valence electrons. The van der Waals surface area contributed by atoms with Crippen LogP contribution in [0, 0.1) is 28.9 Å². The molecule has 3 atom stereocenters. The van der Waals surface area contributed by atoms with Crippen molar-refractivity contribution in [2.75, 3.05) is 84.0 Å². The number of carboxylic acids is 1. The third-order valence-corrected chi connectivity index (χ3v) is 12.9. The summed E-state index contributed by atoms with van der Waals surface area (Å²) >= 11 is 1.16. The maximum absolute atomic E-state index is 15.0. The van der Waals surface area contributed by atoms with Crippen molar-refractivity contribution in [3.05, 3.63) is 83.7 Å². The molecule has 1 saturated heterocycles. The Labute approximate surface area is 424 Å². The standard InChI is InChI=1S/C52H71F2N5O12S/c1-35(2)40-30-48(63)59(51(40)67)18-14-46(61)55-17-20-69-22-24-71-26-25-70-23-21-68-19-15-47(62)57-44(50(66)56-16-13-49(64)65)34-72-33-39(60)29-42(52(3,4)5)45-27-37(41-28-38(53)11-12-43(41)54)32-58(45)31-36-9-7-6-8-10-36/h6-12,27-28,32,35,40,42,44H,13-26,29-31,33-34H2,1-5H3,(H,55,61)(H,56,66)(H,57,62)(H,64,65)/t40?,42-,44-/m0/s1. The highest BCUT2D eigenvalue weighted by molar-refractivity contribution is 8.00. The summed E-state index contributed by atoms with van der Waals surface area (Å²) in [5.74, 6) is -4.76. The Morgan fingerprint density at radius 1 is 0.806 bits per heavy atom. The van der Waals surface area contributed by atoms with E-state index < -0.39 is 40.9 Å². The van der Waals surface area contributed by atoms with Crippen LogP contribution in [0.4, 0.5) is 8.78 Å². The SMILES string of the molecule is CC(C)C1CC(=O)N(CCC(=O)NCCOCCOCCOCCOCCC(=O)N[C@@H](CSCC(=O)C[C@@H](c2cc(-c3cc(F)ccc3F)cn2Cc2ccccc2)C(C)(C)C)C(=O)NCCC(=O)O)C1=O. The number of nitrogens with zero attached hydrogens (tertiary/aromatic N) is 2. The van der Waals surface area contributed by atoms with Crippen molar-refractivity contribution in [3.8, 4) is 11.1 Å². The van der Waals surface area contributed by atoms with Crippen LogP contribution in [0.25, 0.3) is 11.1 Å². The number of rotatable bonds is 34. The highest BCUT2D eigenvalue weighted by Crippen LogP contribution is 2.41. The van der Waals surface area contributed by atoms with Gasteiger partial charge >= 0.3 is 5.97 Å². The molecule has 1 aliphatic rings. The number of carbonyl (C=O) groups is 7. The molecule has 0 saturated carbocycles. The monoisotopic (exact) mass is 1030 g/mol. The van der Waals surface area contributed by atoms with Crippen molar-refractivity contribution < 1.29 is 66.4 Å². The van der Waals surface area contributed by atoms with Gasteiger partial charge in [0.1, 0.15) is 23.5 Å². The molecule has 1 fully saturated rings. The molecule has 1 unspecified atom stereocenters. The van der Waals surface area contributed by atoms with Gasteiger partial charge in [-0.25, -0.2) is 8.78 Å². The third-order valence-electron chi connectivity index (χ3n) is 11.8. The quantitative estimate of drug-likeness (QED) is 0.0437. The topological polar surface area (TPSA) is 221 Å². The molecule has 72 heavy (non-hydrogen) atoms.